The highest BCUT2D eigenvalue weighted by molar-refractivity contribution is 5.87. The van der Waals surface area contributed by atoms with Gasteiger partial charge in [-0.25, -0.2) is 4.79 Å². The summed E-state index contributed by atoms with van der Waals surface area (Å²) in [6, 6.07) is 10.1. The lowest BCUT2D eigenvalue weighted by Gasteiger charge is -2.35. The van der Waals surface area contributed by atoms with Gasteiger partial charge in [0.15, 0.2) is 5.69 Å². The van der Waals surface area contributed by atoms with Crippen molar-refractivity contribution in [3.63, 3.8) is 0 Å². The van der Waals surface area contributed by atoms with Crippen molar-refractivity contribution in [1.82, 2.24) is 9.78 Å². The number of carboxylic acid groups (broad SMARTS) is 1. The summed E-state index contributed by atoms with van der Waals surface area (Å²) in [5.74, 6) is -0.400. The normalized spacial score (nSPS) is 20.4. The Morgan fingerprint density at radius 3 is 2.78 bits per heavy atom. The van der Waals surface area contributed by atoms with Gasteiger partial charge in [0.05, 0.1) is 5.69 Å². The Bertz CT molecular complexity index is 731. The third kappa shape index (κ3) is 3.31. The highest BCUT2D eigenvalue weighted by Gasteiger charge is 2.29. The van der Waals surface area contributed by atoms with Crippen LogP contribution in [0.15, 0.2) is 30.3 Å². The van der Waals surface area contributed by atoms with Crippen molar-refractivity contribution >= 4 is 5.97 Å². The summed E-state index contributed by atoms with van der Waals surface area (Å²) in [4.78, 5) is 11.1. The molecule has 1 fully saturated rings. The second-order valence-corrected chi connectivity index (χ2v) is 7.43. The van der Waals surface area contributed by atoms with Crippen LogP contribution in [-0.2, 0) is 7.05 Å². The average molecular weight is 312 g/mol. The molecule has 0 saturated heterocycles. The Morgan fingerprint density at radius 1 is 1.35 bits per heavy atom. The molecule has 23 heavy (non-hydrogen) atoms. The van der Waals surface area contributed by atoms with Crippen LogP contribution in [0.1, 0.15) is 61.5 Å². The van der Waals surface area contributed by atoms with Gasteiger partial charge in [-0.05, 0) is 48.3 Å². The molecule has 3 rings (SSSR count). The number of aryl methyl sites for hydroxylation is 1. The summed E-state index contributed by atoms with van der Waals surface area (Å²) in [6.45, 7) is 4.70. The number of hydrogen-bond donors (Lipinski definition) is 1. The SMILES string of the molecule is Cn1nc(C(=O)O)cc1-c1cccc(C2CCCC(C)(C)C2)c1. The lowest BCUT2D eigenvalue weighted by Crippen LogP contribution is -2.21. The van der Waals surface area contributed by atoms with Gasteiger partial charge in [-0.15, -0.1) is 0 Å². The molecule has 1 aromatic heterocycles. The molecule has 2 aromatic rings. The van der Waals surface area contributed by atoms with Crippen LogP contribution >= 0.6 is 0 Å². The van der Waals surface area contributed by atoms with E-state index in [1.807, 2.05) is 6.07 Å². The molecule has 0 radical (unpaired) electrons. The molecule has 0 spiro atoms. The molecule has 1 atom stereocenters. The van der Waals surface area contributed by atoms with E-state index in [4.69, 9.17) is 5.11 Å². The van der Waals surface area contributed by atoms with Crippen molar-refractivity contribution in [3.8, 4) is 11.3 Å². The Morgan fingerprint density at radius 2 is 2.13 bits per heavy atom. The predicted octanol–water partition coefficient (Wildman–Crippen LogP) is 4.47. The topological polar surface area (TPSA) is 55.1 Å². The van der Waals surface area contributed by atoms with Gasteiger partial charge in [0.2, 0.25) is 0 Å². The molecule has 122 valence electrons. The van der Waals surface area contributed by atoms with Crippen molar-refractivity contribution < 1.29 is 9.90 Å². The number of aromatic carboxylic acids is 1. The number of carboxylic acids is 1. The van der Waals surface area contributed by atoms with Crippen molar-refractivity contribution in [2.24, 2.45) is 12.5 Å². The molecule has 0 amide bonds. The molecule has 1 aliphatic rings. The van der Waals surface area contributed by atoms with E-state index in [1.54, 1.807) is 17.8 Å². The molecule has 4 heteroatoms. The van der Waals surface area contributed by atoms with E-state index in [-0.39, 0.29) is 5.69 Å². The summed E-state index contributed by atoms with van der Waals surface area (Å²) in [5.41, 5.74) is 3.73. The second-order valence-electron chi connectivity index (χ2n) is 7.43. The van der Waals surface area contributed by atoms with Crippen molar-refractivity contribution in [2.75, 3.05) is 0 Å². The molecule has 1 N–H and O–H groups in total. The predicted molar refractivity (Wildman–Crippen MR) is 90.6 cm³/mol. The van der Waals surface area contributed by atoms with Crippen LogP contribution in [0.2, 0.25) is 0 Å². The lowest BCUT2D eigenvalue weighted by molar-refractivity contribution is 0.0689. The summed E-state index contributed by atoms with van der Waals surface area (Å²) in [5, 5.41) is 13.2. The zero-order valence-corrected chi connectivity index (χ0v) is 14.0. The van der Waals surface area contributed by atoms with Crippen molar-refractivity contribution in [2.45, 2.75) is 45.4 Å². The summed E-state index contributed by atoms with van der Waals surface area (Å²) < 4.78 is 1.65. The highest BCUT2D eigenvalue weighted by atomic mass is 16.4. The first-order valence-electron chi connectivity index (χ1n) is 8.23. The molecule has 1 heterocycles. The maximum Gasteiger partial charge on any atom is 0.356 e. The Hall–Kier alpha value is -2.10. The van der Waals surface area contributed by atoms with Gasteiger partial charge in [0, 0.05) is 12.6 Å². The van der Waals surface area contributed by atoms with E-state index in [0.717, 1.165) is 11.3 Å². The maximum absolute atomic E-state index is 11.1. The van der Waals surface area contributed by atoms with E-state index in [2.05, 4.69) is 37.1 Å². The van der Waals surface area contributed by atoms with Crippen molar-refractivity contribution in [1.29, 1.82) is 0 Å². The number of nitrogens with zero attached hydrogens (tertiary/aromatic N) is 2. The van der Waals surface area contributed by atoms with Crippen LogP contribution in [0.4, 0.5) is 0 Å². The fourth-order valence-corrected chi connectivity index (χ4v) is 3.78. The standard InChI is InChI=1S/C19H24N2O2/c1-19(2)9-5-8-15(12-19)13-6-4-7-14(10-13)17-11-16(18(22)23)20-21(17)3/h4,6-7,10-11,15H,5,8-9,12H2,1-3H3,(H,22,23). The van der Waals surface area contributed by atoms with Gasteiger partial charge in [0.1, 0.15) is 0 Å². The highest BCUT2D eigenvalue weighted by Crippen LogP contribution is 2.43. The van der Waals surface area contributed by atoms with E-state index in [9.17, 15) is 4.79 Å². The third-order valence-corrected chi connectivity index (χ3v) is 4.96. The molecular formula is C19H24N2O2. The molecular weight excluding hydrogens is 288 g/mol. The van der Waals surface area contributed by atoms with Gasteiger partial charge >= 0.3 is 5.97 Å². The van der Waals surface area contributed by atoms with Crippen LogP contribution in [0, 0.1) is 5.41 Å². The first-order valence-corrected chi connectivity index (χ1v) is 8.23. The van der Waals surface area contributed by atoms with Crippen LogP contribution in [0.25, 0.3) is 11.3 Å². The summed E-state index contributed by atoms with van der Waals surface area (Å²) in [7, 11) is 1.79. The van der Waals surface area contributed by atoms with E-state index >= 15 is 0 Å². The van der Waals surface area contributed by atoms with Gasteiger partial charge < -0.3 is 5.11 Å². The molecule has 1 saturated carbocycles. The molecule has 4 nitrogen and oxygen atoms in total. The first kappa shape index (κ1) is 15.8. The first-order chi connectivity index (χ1) is 10.9. The third-order valence-electron chi connectivity index (χ3n) is 4.96. The minimum absolute atomic E-state index is 0.0895. The smallest absolute Gasteiger partial charge is 0.356 e. The number of hydrogen-bond acceptors (Lipinski definition) is 2. The van der Waals surface area contributed by atoms with Gasteiger partial charge in [0.25, 0.3) is 0 Å². The average Bonchev–Trinajstić information content (AvgIpc) is 2.89. The number of carbonyl (C=O) groups is 1. The van der Waals surface area contributed by atoms with Crippen LogP contribution in [0.5, 0.6) is 0 Å². The lowest BCUT2D eigenvalue weighted by atomic mass is 9.70. The van der Waals surface area contributed by atoms with Crippen LogP contribution in [-0.4, -0.2) is 20.9 Å². The molecule has 0 aliphatic heterocycles. The fourth-order valence-electron chi connectivity index (χ4n) is 3.78. The number of aromatic nitrogens is 2. The zero-order valence-electron chi connectivity index (χ0n) is 14.0. The fraction of sp³-hybridized carbons (Fsp3) is 0.474. The van der Waals surface area contributed by atoms with Crippen LogP contribution in [0.3, 0.4) is 0 Å². The summed E-state index contributed by atoms with van der Waals surface area (Å²) in [6.07, 6.45) is 5.02. The Kier molecular flexibility index (Phi) is 4.00. The van der Waals surface area contributed by atoms with Crippen LogP contribution < -0.4 is 0 Å². The Balaban J connectivity index is 1.92. The monoisotopic (exact) mass is 312 g/mol. The second kappa shape index (κ2) is 5.84. The zero-order chi connectivity index (χ0) is 16.6. The van der Waals surface area contributed by atoms with Gasteiger partial charge in [-0.3, -0.25) is 4.68 Å². The molecule has 1 unspecified atom stereocenters. The Labute approximate surface area is 137 Å². The van der Waals surface area contributed by atoms with Gasteiger partial charge in [-0.2, -0.15) is 5.10 Å². The molecule has 0 bridgehead atoms. The van der Waals surface area contributed by atoms with E-state index in [0.29, 0.717) is 11.3 Å². The maximum atomic E-state index is 11.1. The minimum atomic E-state index is -0.989. The minimum Gasteiger partial charge on any atom is -0.476 e. The van der Waals surface area contributed by atoms with Gasteiger partial charge in [-0.1, -0.05) is 38.5 Å². The number of benzene rings is 1. The summed E-state index contributed by atoms with van der Waals surface area (Å²) >= 11 is 0. The molecule has 1 aliphatic carbocycles. The van der Waals surface area contributed by atoms with Crippen molar-refractivity contribution in [3.05, 3.63) is 41.6 Å². The quantitative estimate of drug-likeness (QED) is 0.909. The number of rotatable bonds is 3. The van der Waals surface area contributed by atoms with E-state index < -0.39 is 5.97 Å². The molecule has 1 aromatic carbocycles. The van der Waals surface area contributed by atoms with E-state index in [1.165, 1.54) is 31.2 Å². The largest absolute Gasteiger partial charge is 0.476 e.